The number of rotatable bonds is 42. The molecule has 2 aromatic carbocycles. The summed E-state index contributed by atoms with van der Waals surface area (Å²) in [6, 6.07) is 4.51. The zero-order valence-corrected chi connectivity index (χ0v) is 55.3. The average molecular weight is 1350 g/mol. The maximum Gasteiger partial charge on any atom is 0.245 e. The van der Waals surface area contributed by atoms with Crippen molar-refractivity contribution in [2.24, 2.45) is 51.0 Å². The number of benzene rings is 2. The van der Waals surface area contributed by atoms with Crippen LogP contribution in [0.5, 0.6) is 0 Å². The standard InChI is InChI=1S/C63H98N18O13S/c1-37(2)33-45(57(89)74-41(53(68)85)27-32-95-3)73-52(84)36-72-54(86)46(34-38-15-6-4-7-16-38)78-58(90)47(35-39-17-8-5-9-18-39)79-56(88)42(23-25-50(66)82)75-55(87)43(24-26-51(67)83)76-59(91)49-22-14-31-81(49)62(94)44(20-10-11-28-64)77-60(92)48-21-13-30-80(48)61(93)40(65)19-12-29-71-63(69)70/h4-9,15-18,37,40-49H,10-14,19-36,64-65H2,1-3H3,(H2,66,82)(H2,67,83)(H2,68,85)(H,72,86)(H,73,84)(H,74,89)(H,75,87)(H,76,91)(H,77,92)(H,78,90)(H,79,88)(H4,69,70,71)/t40-,41+,42+,43+,44+,45+,46+,47-,48-,49-/m1/s1. The molecule has 10 atom stereocenters. The van der Waals surface area contributed by atoms with Crippen LogP contribution in [0.15, 0.2) is 65.7 Å². The Hall–Kier alpha value is -8.91. The van der Waals surface area contributed by atoms with Gasteiger partial charge in [-0.15, -0.1) is 0 Å². The molecule has 0 bridgehead atoms. The number of carbonyl (C=O) groups excluding carboxylic acids is 13. The number of nitrogens with zero attached hydrogens (tertiary/aromatic N) is 3. The molecule has 0 spiro atoms. The minimum Gasteiger partial charge on any atom is -0.370 e. The monoisotopic (exact) mass is 1350 g/mol. The quantitative estimate of drug-likeness (QED) is 0.0173. The Morgan fingerprint density at radius 2 is 1.01 bits per heavy atom. The lowest BCUT2D eigenvalue weighted by atomic mass is 10.0. The van der Waals surface area contributed by atoms with Crippen LogP contribution >= 0.6 is 11.8 Å². The number of amides is 13. The van der Waals surface area contributed by atoms with Gasteiger partial charge >= 0.3 is 0 Å². The first kappa shape index (κ1) is 78.5. The van der Waals surface area contributed by atoms with E-state index in [9.17, 15) is 62.3 Å². The highest BCUT2D eigenvalue weighted by Gasteiger charge is 2.42. The number of aliphatic imine (C=N–C) groups is 1. The molecule has 4 rings (SSSR count). The summed E-state index contributed by atoms with van der Waals surface area (Å²) >= 11 is 1.45. The van der Waals surface area contributed by atoms with E-state index in [2.05, 4.69) is 47.5 Å². The number of likely N-dealkylation sites (tertiary alicyclic amines) is 2. The van der Waals surface area contributed by atoms with Crippen LogP contribution in [-0.2, 0) is 75.2 Å². The predicted octanol–water partition coefficient (Wildman–Crippen LogP) is -3.71. The van der Waals surface area contributed by atoms with E-state index < -0.39 is 169 Å². The summed E-state index contributed by atoms with van der Waals surface area (Å²) in [5.41, 5.74) is 40.6. The van der Waals surface area contributed by atoms with Gasteiger partial charge in [0.2, 0.25) is 76.8 Å². The first-order valence-electron chi connectivity index (χ1n) is 32.2. The SMILES string of the molecule is CSCC[C@H](NC(=O)[C@H](CC(C)C)NC(=O)CNC(=O)[C@H](Cc1ccccc1)NC(=O)[C@@H](Cc1ccccc1)NC(=O)[C@H](CCC(N)=O)NC(=O)[C@H](CCC(N)=O)NC(=O)[C@H]1CCCN1C(=O)[C@H](CCCCN)NC(=O)[C@H]1CCCN1C(=O)[C@H](N)CCCN=C(N)N)C(N)=O. The molecule has 31 nitrogen and oxygen atoms in total. The van der Waals surface area contributed by atoms with Gasteiger partial charge in [0.25, 0.3) is 0 Å². The van der Waals surface area contributed by atoms with Crippen LogP contribution in [0.4, 0.5) is 0 Å². The molecule has 95 heavy (non-hydrogen) atoms. The fraction of sp³-hybridized carbons (Fsp3) is 0.587. The topological polar surface area (TPSA) is 519 Å². The van der Waals surface area contributed by atoms with Crippen LogP contribution in [0.1, 0.15) is 121 Å². The van der Waals surface area contributed by atoms with Crippen molar-refractivity contribution >= 4 is 94.5 Å². The van der Waals surface area contributed by atoms with E-state index in [1.54, 1.807) is 60.7 Å². The number of guanidine groups is 1. The van der Waals surface area contributed by atoms with Gasteiger partial charge in [0.05, 0.1) is 12.6 Å². The van der Waals surface area contributed by atoms with Crippen molar-refractivity contribution in [1.82, 2.24) is 52.3 Å². The number of hydrogen-bond acceptors (Lipinski definition) is 17. The molecular weight excluding hydrogens is 1250 g/mol. The lowest BCUT2D eigenvalue weighted by molar-refractivity contribution is -0.144. The van der Waals surface area contributed by atoms with Crippen LogP contribution in [0.3, 0.4) is 0 Å². The molecule has 22 N–H and O–H groups in total. The van der Waals surface area contributed by atoms with Crippen molar-refractivity contribution in [3.63, 3.8) is 0 Å². The summed E-state index contributed by atoms with van der Waals surface area (Å²) in [4.78, 5) is 185. The maximum absolute atomic E-state index is 14.7. The zero-order chi connectivity index (χ0) is 70.1. The van der Waals surface area contributed by atoms with Crippen LogP contribution in [0.25, 0.3) is 0 Å². The molecule has 0 radical (unpaired) electrons. The molecule has 2 heterocycles. The van der Waals surface area contributed by atoms with Crippen molar-refractivity contribution in [2.45, 2.75) is 183 Å². The van der Waals surface area contributed by atoms with E-state index in [4.69, 9.17) is 40.1 Å². The molecule has 0 unspecified atom stereocenters. The van der Waals surface area contributed by atoms with Crippen molar-refractivity contribution in [1.29, 1.82) is 0 Å². The molecule has 32 heteroatoms. The Morgan fingerprint density at radius 1 is 0.537 bits per heavy atom. The van der Waals surface area contributed by atoms with Gasteiger partial charge in [0.15, 0.2) is 5.96 Å². The fourth-order valence-electron chi connectivity index (χ4n) is 11.0. The largest absolute Gasteiger partial charge is 0.370 e. The van der Waals surface area contributed by atoms with Crippen LogP contribution in [0, 0.1) is 5.92 Å². The lowest BCUT2D eigenvalue weighted by Gasteiger charge is -2.32. The highest BCUT2D eigenvalue weighted by atomic mass is 32.2. The number of carbonyl (C=O) groups is 13. The van der Waals surface area contributed by atoms with Crippen molar-refractivity contribution < 1.29 is 62.3 Å². The van der Waals surface area contributed by atoms with E-state index in [0.717, 1.165) is 0 Å². The van der Waals surface area contributed by atoms with Crippen LogP contribution < -0.4 is 82.7 Å². The van der Waals surface area contributed by atoms with Gasteiger partial charge in [-0.25, -0.2) is 0 Å². The number of unbranched alkanes of at least 4 members (excludes halogenated alkanes) is 1. The van der Waals surface area contributed by atoms with Gasteiger partial charge in [0.1, 0.15) is 54.4 Å². The van der Waals surface area contributed by atoms with Crippen LogP contribution in [0.2, 0.25) is 0 Å². The number of hydrogen-bond donors (Lipinski definition) is 15. The lowest BCUT2D eigenvalue weighted by Crippen LogP contribution is -2.60. The van der Waals surface area contributed by atoms with Gasteiger partial charge in [-0.2, -0.15) is 11.8 Å². The maximum atomic E-state index is 14.7. The van der Waals surface area contributed by atoms with Crippen molar-refractivity contribution in [3.8, 4) is 0 Å². The Bertz CT molecular complexity index is 2960. The molecule has 2 aliphatic rings. The molecule has 2 saturated heterocycles. The second kappa shape index (κ2) is 41.0. The van der Waals surface area contributed by atoms with E-state index in [0.29, 0.717) is 55.4 Å². The summed E-state index contributed by atoms with van der Waals surface area (Å²) in [7, 11) is 0. The Labute approximate surface area is 558 Å². The van der Waals surface area contributed by atoms with Crippen molar-refractivity contribution in [2.75, 3.05) is 44.7 Å². The zero-order valence-electron chi connectivity index (χ0n) is 54.5. The first-order valence-corrected chi connectivity index (χ1v) is 33.6. The van der Waals surface area contributed by atoms with E-state index in [1.165, 1.54) is 21.6 Å². The number of nitrogens with two attached hydrogens (primary N) is 7. The normalized spacial score (nSPS) is 16.8. The molecule has 2 fully saturated rings. The third-order valence-electron chi connectivity index (χ3n) is 16.0. The molecule has 524 valence electrons. The third kappa shape index (κ3) is 27.5. The Balaban J connectivity index is 1.56. The number of primary amides is 3. The summed E-state index contributed by atoms with van der Waals surface area (Å²) in [6.45, 7) is 3.86. The summed E-state index contributed by atoms with van der Waals surface area (Å²) in [5.74, 6) is -9.80. The molecule has 0 aromatic heterocycles. The smallest absolute Gasteiger partial charge is 0.245 e. The molecule has 0 saturated carbocycles. The highest BCUT2D eigenvalue weighted by Crippen LogP contribution is 2.24. The van der Waals surface area contributed by atoms with E-state index in [-0.39, 0.29) is 83.0 Å². The average Bonchev–Trinajstić information content (AvgIpc) is 1.74. The fourth-order valence-corrected chi connectivity index (χ4v) is 11.5. The van der Waals surface area contributed by atoms with Crippen molar-refractivity contribution in [3.05, 3.63) is 71.8 Å². The molecule has 2 aromatic rings. The Kier molecular flexibility index (Phi) is 33.9. The van der Waals surface area contributed by atoms with Crippen LogP contribution in [-0.4, -0.2) is 198 Å². The highest BCUT2D eigenvalue weighted by molar-refractivity contribution is 7.98. The second-order valence-electron chi connectivity index (χ2n) is 24.1. The first-order chi connectivity index (χ1) is 45.2. The number of nitrogens with one attached hydrogen (secondary N) is 8. The summed E-state index contributed by atoms with van der Waals surface area (Å²) in [6.07, 6.45) is 3.12. The molecule has 0 aliphatic carbocycles. The second-order valence-corrected chi connectivity index (χ2v) is 25.1. The van der Waals surface area contributed by atoms with Gasteiger partial charge in [-0.3, -0.25) is 67.3 Å². The van der Waals surface area contributed by atoms with E-state index in [1.807, 2.05) is 20.1 Å². The van der Waals surface area contributed by atoms with Gasteiger partial charge in [-0.05, 0) is 119 Å². The van der Waals surface area contributed by atoms with E-state index >= 15 is 0 Å². The molecule has 2 aliphatic heterocycles. The number of thioether (sulfide) groups is 1. The third-order valence-corrected chi connectivity index (χ3v) is 16.7. The minimum absolute atomic E-state index is 0.0736. The Morgan fingerprint density at radius 3 is 1.51 bits per heavy atom. The van der Waals surface area contributed by atoms with Gasteiger partial charge in [0, 0.05) is 45.3 Å². The van der Waals surface area contributed by atoms with Gasteiger partial charge < -0.3 is 92.5 Å². The molecule has 13 amide bonds. The minimum atomic E-state index is -1.64. The van der Waals surface area contributed by atoms with Gasteiger partial charge in [-0.1, -0.05) is 74.5 Å². The predicted molar refractivity (Wildman–Crippen MR) is 356 cm³/mol. The summed E-state index contributed by atoms with van der Waals surface area (Å²) in [5, 5.41) is 21.1. The molecular formula is C63H98N18O13S. The summed E-state index contributed by atoms with van der Waals surface area (Å²) < 4.78 is 0.